The van der Waals surface area contributed by atoms with Crippen molar-refractivity contribution in [2.24, 2.45) is 0 Å². The highest BCUT2D eigenvalue weighted by molar-refractivity contribution is 8.06. The molecule has 9 heavy (non-hydrogen) atoms. The standard InChI is InChI=1S/C5H8O2S2/c1-8-3-4(9-2)5(6)7/h3H,1-2H3,(H,6,7)/b4-3+. The number of carboxylic acid groups (broad SMARTS) is 1. The summed E-state index contributed by atoms with van der Waals surface area (Å²) in [6.07, 6.45) is 3.58. The van der Waals surface area contributed by atoms with Gasteiger partial charge in [-0.05, 0) is 17.9 Å². The summed E-state index contributed by atoms with van der Waals surface area (Å²) in [5, 5.41) is 10.0. The fraction of sp³-hybridized carbons (Fsp3) is 0.400. The Morgan fingerprint density at radius 1 is 1.56 bits per heavy atom. The van der Waals surface area contributed by atoms with Gasteiger partial charge < -0.3 is 5.11 Å². The second-order valence-electron chi connectivity index (χ2n) is 1.23. The Morgan fingerprint density at radius 3 is 2.22 bits per heavy atom. The highest BCUT2D eigenvalue weighted by Crippen LogP contribution is 2.14. The van der Waals surface area contributed by atoms with E-state index in [-0.39, 0.29) is 0 Å². The number of rotatable bonds is 3. The lowest BCUT2D eigenvalue weighted by Gasteiger charge is -1.92. The van der Waals surface area contributed by atoms with Crippen LogP contribution in [0.2, 0.25) is 0 Å². The van der Waals surface area contributed by atoms with Crippen molar-refractivity contribution >= 4 is 29.5 Å². The van der Waals surface area contributed by atoms with E-state index in [1.54, 1.807) is 11.7 Å². The van der Waals surface area contributed by atoms with Crippen LogP contribution in [0.15, 0.2) is 10.3 Å². The summed E-state index contributed by atoms with van der Waals surface area (Å²) in [5.41, 5.74) is 0. The zero-order valence-electron chi connectivity index (χ0n) is 5.25. The number of carbonyl (C=O) groups is 1. The quantitative estimate of drug-likeness (QED) is 0.643. The van der Waals surface area contributed by atoms with Crippen LogP contribution in [0.5, 0.6) is 0 Å². The van der Waals surface area contributed by atoms with Crippen LogP contribution in [-0.2, 0) is 4.79 Å². The van der Waals surface area contributed by atoms with E-state index >= 15 is 0 Å². The Morgan fingerprint density at radius 2 is 2.11 bits per heavy atom. The first-order valence-corrected chi connectivity index (χ1v) is 4.74. The number of thioether (sulfide) groups is 2. The van der Waals surface area contributed by atoms with Gasteiger partial charge in [-0.25, -0.2) is 4.79 Å². The Hall–Kier alpha value is -0.0900. The first kappa shape index (κ1) is 8.91. The maximum Gasteiger partial charge on any atom is 0.342 e. The van der Waals surface area contributed by atoms with E-state index in [9.17, 15) is 4.79 Å². The van der Waals surface area contributed by atoms with Gasteiger partial charge in [-0.3, -0.25) is 0 Å². The molecule has 0 rings (SSSR count). The Balaban J connectivity index is 3.98. The Kier molecular flexibility index (Phi) is 4.71. The van der Waals surface area contributed by atoms with Crippen LogP contribution in [0.25, 0.3) is 0 Å². The Bertz CT molecular complexity index is 131. The highest BCUT2D eigenvalue weighted by Gasteiger charge is 2.02. The predicted octanol–water partition coefficient (Wildman–Crippen LogP) is 1.64. The van der Waals surface area contributed by atoms with Gasteiger partial charge in [0.1, 0.15) is 0 Å². The third-order valence-corrected chi connectivity index (χ3v) is 2.01. The van der Waals surface area contributed by atoms with Crippen LogP contribution in [-0.4, -0.2) is 23.6 Å². The second kappa shape index (κ2) is 4.76. The molecule has 0 saturated heterocycles. The van der Waals surface area contributed by atoms with Gasteiger partial charge in [-0.2, -0.15) is 0 Å². The zero-order valence-corrected chi connectivity index (χ0v) is 6.88. The lowest BCUT2D eigenvalue weighted by atomic mass is 10.7. The van der Waals surface area contributed by atoms with Crippen molar-refractivity contribution in [2.45, 2.75) is 0 Å². The molecule has 0 heterocycles. The minimum atomic E-state index is -0.850. The molecule has 0 aromatic carbocycles. The van der Waals surface area contributed by atoms with Gasteiger partial charge >= 0.3 is 5.97 Å². The molecule has 0 aliphatic carbocycles. The molecular weight excluding hydrogens is 156 g/mol. The van der Waals surface area contributed by atoms with Gasteiger partial charge in [0, 0.05) is 0 Å². The maximum absolute atomic E-state index is 10.2. The SMILES string of the molecule is CS/C=C(/SC)C(=O)O. The van der Waals surface area contributed by atoms with Gasteiger partial charge in [0.05, 0.1) is 4.91 Å². The molecule has 0 aromatic rings. The molecule has 0 aromatic heterocycles. The molecule has 0 radical (unpaired) electrons. The summed E-state index contributed by atoms with van der Waals surface area (Å²) in [6, 6.07) is 0. The number of hydrogen-bond acceptors (Lipinski definition) is 3. The third-order valence-electron chi connectivity index (χ3n) is 0.656. The van der Waals surface area contributed by atoms with Crippen molar-refractivity contribution in [1.29, 1.82) is 0 Å². The van der Waals surface area contributed by atoms with Gasteiger partial charge in [-0.15, -0.1) is 23.5 Å². The second-order valence-corrected chi connectivity index (χ2v) is 2.78. The number of aliphatic carboxylic acids is 1. The molecule has 1 N–H and O–H groups in total. The van der Waals surface area contributed by atoms with Crippen molar-refractivity contribution in [2.75, 3.05) is 12.5 Å². The lowest BCUT2D eigenvalue weighted by Crippen LogP contribution is -1.94. The van der Waals surface area contributed by atoms with E-state index in [4.69, 9.17) is 5.11 Å². The van der Waals surface area contributed by atoms with Crippen LogP contribution in [0.1, 0.15) is 0 Å². The zero-order chi connectivity index (χ0) is 7.28. The highest BCUT2D eigenvalue weighted by atomic mass is 32.2. The average Bonchev–Trinajstić information content (AvgIpc) is 1.82. The maximum atomic E-state index is 10.2. The molecular formula is C5H8O2S2. The molecule has 4 heteroatoms. The topological polar surface area (TPSA) is 37.3 Å². The average molecular weight is 164 g/mol. The predicted molar refractivity (Wildman–Crippen MR) is 42.7 cm³/mol. The monoisotopic (exact) mass is 164 g/mol. The minimum Gasteiger partial charge on any atom is -0.477 e. The summed E-state index contributed by atoms with van der Waals surface area (Å²) >= 11 is 2.64. The van der Waals surface area contributed by atoms with Gasteiger partial charge in [0.25, 0.3) is 0 Å². The van der Waals surface area contributed by atoms with E-state index in [2.05, 4.69) is 0 Å². The van der Waals surface area contributed by atoms with Crippen LogP contribution in [0.4, 0.5) is 0 Å². The van der Waals surface area contributed by atoms with Crippen molar-refractivity contribution in [1.82, 2.24) is 0 Å². The number of hydrogen-bond donors (Lipinski definition) is 1. The summed E-state index contributed by atoms with van der Waals surface area (Å²) in [7, 11) is 0. The lowest BCUT2D eigenvalue weighted by molar-refractivity contribution is -0.131. The van der Waals surface area contributed by atoms with Crippen LogP contribution in [0, 0.1) is 0 Å². The van der Waals surface area contributed by atoms with Crippen molar-refractivity contribution < 1.29 is 9.90 Å². The van der Waals surface area contributed by atoms with Crippen molar-refractivity contribution in [3.8, 4) is 0 Å². The summed E-state index contributed by atoms with van der Waals surface area (Å²) in [6.45, 7) is 0. The summed E-state index contributed by atoms with van der Waals surface area (Å²) < 4.78 is 0. The van der Waals surface area contributed by atoms with Crippen LogP contribution < -0.4 is 0 Å². The Labute approximate surface area is 62.7 Å². The number of carboxylic acids is 1. The molecule has 52 valence electrons. The summed E-state index contributed by atoms with van der Waals surface area (Å²) in [4.78, 5) is 10.6. The molecule has 0 bridgehead atoms. The van der Waals surface area contributed by atoms with E-state index in [1.165, 1.54) is 23.5 Å². The molecule has 0 saturated carbocycles. The fourth-order valence-corrected chi connectivity index (χ4v) is 1.46. The molecule has 0 atom stereocenters. The first-order valence-electron chi connectivity index (χ1n) is 2.22. The smallest absolute Gasteiger partial charge is 0.342 e. The van der Waals surface area contributed by atoms with Gasteiger partial charge in [-0.1, -0.05) is 0 Å². The molecule has 0 unspecified atom stereocenters. The van der Waals surface area contributed by atoms with Crippen molar-refractivity contribution in [3.05, 3.63) is 10.3 Å². The fourth-order valence-electron chi connectivity index (χ4n) is 0.293. The first-order chi connectivity index (χ1) is 4.22. The van der Waals surface area contributed by atoms with E-state index < -0.39 is 5.97 Å². The molecule has 0 aliphatic heterocycles. The molecule has 2 nitrogen and oxygen atoms in total. The molecule has 0 amide bonds. The van der Waals surface area contributed by atoms with Crippen molar-refractivity contribution in [3.63, 3.8) is 0 Å². The van der Waals surface area contributed by atoms with E-state index in [1.807, 2.05) is 6.26 Å². The molecule has 0 fully saturated rings. The van der Waals surface area contributed by atoms with Gasteiger partial charge in [0.2, 0.25) is 0 Å². The van der Waals surface area contributed by atoms with E-state index in [0.717, 1.165) is 0 Å². The van der Waals surface area contributed by atoms with E-state index in [0.29, 0.717) is 4.91 Å². The largest absolute Gasteiger partial charge is 0.477 e. The summed E-state index contributed by atoms with van der Waals surface area (Å²) in [5.74, 6) is -0.850. The van der Waals surface area contributed by atoms with Gasteiger partial charge in [0.15, 0.2) is 0 Å². The third kappa shape index (κ3) is 3.48. The molecule has 0 spiro atoms. The minimum absolute atomic E-state index is 0.391. The van der Waals surface area contributed by atoms with Crippen LogP contribution in [0.3, 0.4) is 0 Å². The van der Waals surface area contributed by atoms with Crippen LogP contribution >= 0.6 is 23.5 Å². The normalized spacial score (nSPS) is 11.6. The molecule has 0 aliphatic rings.